The number of alkyl halides is 1. The SMILES string of the molecule is CC(COC(=O)C(C)(C)Br)C(=O)OCCCOC(=O)CCN1C(=O)C2C(C1=O)C1(C)OC13C=CC23C. The largest absolute Gasteiger partial charge is 0.465 e. The molecule has 2 heterocycles. The van der Waals surface area contributed by atoms with Crippen LogP contribution >= 0.6 is 15.9 Å². The minimum absolute atomic E-state index is 0.0255. The highest BCUT2D eigenvalue weighted by Crippen LogP contribution is 2.79. The van der Waals surface area contributed by atoms with Gasteiger partial charge in [-0.15, -0.1) is 0 Å². The van der Waals surface area contributed by atoms with Gasteiger partial charge in [0.15, 0.2) is 0 Å². The Hall–Kier alpha value is -2.27. The van der Waals surface area contributed by atoms with Gasteiger partial charge in [0.1, 0.15) is 22.1 Å². The van der Waals surface area contributed by atoms with E-state index < -0.39 is 56.6 Å². The molecule has 0 radical (unpaired) electrons. The number of carbonyl (C=O) groups excluding carboxylic acids is 5. The first kappa shape index (κ1) is 26.8. The lowest BCUT2D eigenvalue weighted by molar-refractivity contribution is -0.155. The fourth-order valence-corrected chi connectivity index (χ4v) is 5.78. The molecule has 10 nitrogen and oxygen atoms in total. The summed E-state index contributed by atoms with van der Waals surface area (Å²) in [6, 6.07) is 0. The van der Waals surface area contributed by atoms with Crippen molar-refractivity contribution in [1.82, 2.24) is 4.90 Å². The van der Waals surface area contributed by atoms with Crippen LogP contribution in [-0.2, 0) is 42.9 Å². The molecule has 0 bridgehead atoms. The van der Waals surface area contributed by atoms with E-state index in [0.717, 1.165) is 4.90 Å². The fourth-order valence-electron chi connectivity index (χ4n) is 5.66. The molecule has 1 spiro atoms. The Bertz CT molecular complexity index is 1040. The van der Waals surface area contributed by atoms with E-state index in [0.29, 0.717) is 0 Å². The van der Waals surface area contributed by atoms with E-state index in [9.17, 15) is 24.0 Å². The number of fused-ring (bicyclic) bond motifs is 3. The van der Waals surface area contributed by atoms with Gasteiger partial charge >= 0.3 is 17.9 Å². The van der Waals surface area contributed by atoms with E-state index in [1.165, 1.54) is 0 Å². The monoisotopic (exact) mass is 569 g/mol. The Balaban J connectivity index is 1.13. The average Bonchev–Trinajstić information content (AvgIpc) is 3.36. The number of rotatable bonds is 11. The van der Waals surface area contributed by atoms with Crippen molar-refractivity contribution < 1.29 is 42.9 Å². The predicted octanol–water partition coefficient (Wildman–Crippen LogP) is 1.92. The van der Waals surface area contributed by atoms with Crippen molar-refractivity contribution in [2.75, 3.05) is 26.4 Å². The Labute approximate surface area is 218 Å². The summed E-state index contributed by atoms with van der Waals surface area (Å²) in [7, 11) is 0. The lowest BCUT2D eigenvalue weighted by Gasteiger charge is -2.39. The molecule has 6 atom stereocenters. The highest BCUT2D eigenvalue weighted by Gasteiger charge is 2.91. The molecule has 0 N–H and O–H groups in total. The maximum atomic E-state index is 13.0. The highest BCUT2D eigenvalue weighted by molar-refractivity contribution is 9.10. The molecule has 2 saturated heterocycles. The number of nitrogens with zero attached hydrogens (tertiary/aromatic N) is 1. The van der Waals surface area contributed by atoms with Crippen molar-refractivity contribution in [1.29, 1.82) is 0 Å². The molecule has 2 aliphatic carbocycles. The molecule has 4 rings (SSSR count). The van der Waals surface area contributed by atoms with Crippen LogP contribution in [-0.4, -0.2) is 76.5 Å². The predicted molar refractivity (Wildman–Crippen MR) is 127 cm³/mol. The maximum Gasteiger partial charge on any atom is 0.322 e. The Morgan fingerprint density at radius 2 is 1.72 bits per heavy atom. The van der Waals surface area contributed by atoms with E-state index in [2.05, 4.69) is 15.9 Å². The zero-order chi connectivity index (χ0) is 26.7. The number of imide groups is 1. The third kappa shape index (κ3) is 3.98. The molecule has 6 unspecified atom stereocenters. The number of hydrogen-bond donors (Lipinski definition) is 0. The van der Waals surface area contributed by atoms with Crippen LogP contribution in [0.1, 0.15) is 47.5 Å². The second kappa shape index (κ2) is 8.93. The summed E-state index contributed by atoms with van der Waals surface area (Å²) in [5, 5.41) is 0. The molecule has 11 heteroatoms. The molecular formula is C25H32BrNO9. The van der Waals surface area contributed by atoms with E-state index in [-0.39, 0.29) is 51.0 Å². The summed E-state index contributed by atoms with van der Waals surface area (Å²) in [4.78, 5) is 63.1. The van der Waals surface area contributed by atoms with Gasteiger partial charge in [0.25, 0.3) is 0 Å². The third-order valence-electron chi connectivity index (χ3n) is 7.86. The zero-order valence-corrected chi connectivity index (χ0v) is 22.7. The summed E-state index contributed by atoms with van der Waals surface area (Å²) in [5.41, 5.74) is -1.67. The van der Waals surface area contributed by atoms with Crippen LogP contribution in [0.25, 0.3) is 0 Å². The molecule has 2 aliphatic heterocycles. The molecule has 3 fully saturated rings. The van der Waals surface area contributed by atoms with E-state index in [4.69, 9.17) is 18.9 Å². The van der Waals surface area contributed by atoms with Crippen molar-refractivity contribution in [2.24, 2.45) is 23.2 Å². The molecule has 0 aromatic rings. The first-order valence-electron chi connectivity index (χ1n) is 12.1. The van der Waals surface area contributed by atoms with Crippen LogP contribution in [0.15, 0.2) is 12.2 Å². The number of halogens is 1. The molecule has 0 aromatic carbocycles. The topological polar surface area (TPSA) is 129 Å². The van der Waals surface area contributed by atoms with Gasteiger partial charge in [-0.1, -0.05) is 35.0 Å². The second-order valence-electron chi connectivity index (χ2n) is 10.8. The van der Waals surface area contributed by atoms with E-state index in [1.807, 2.05) is 26.0 Å². The summed E-state index contributed by atoms with van der Waals surface area (Å²) in [5.74, 6) is -3.73. The van der Waals surface area contributed by atoms with Crippen LogP contribution < -0.4 is 0 Å². The first-order valence-corrected chi connectivity index (χ1v) is 12.9. The Morgan fingerprint density at radius 3 is 2.33 bits per heavy atom. The van der Waals surface area contributed by atoms with E-state index >= 15 is 0 Å². The van der Waals surface area contributed by atoms with Crippen molar-refractivity contribution in [2.45, 2.75) is 63.0 Å². The molecule has 0 aromatic heterocycles. The van der Waals surface area contributed by atoms with Gasteiger partial charge in [0.05, 0.1) is 37.4 Å². The van der Waals surface area contributed by atoms with Crippen molar-refractivity contribution >= 4 is 45.7 Å². The number of esters is 3. The van der Waals surface area contributed by atoms with E-state index in [1.54, 1.807) is 20.8 Å². The highest BCUT2D eigenvalue weighted by atomic mass is 79.9. The zero-order valence-electron chi connectivity index (χ0n) is 21.1. The first-order chi connectivity index (χ1) is 16.7. The standard InChI is InChI=1S/C25H32BrNO9/c1-14(13-35-21(32)22(2,3)26)20(31)34-12-6-11-33-15(28)7-10-27-18(29)16-17(19(27)30)24(5)25(36-24)9-8-23(16,25)4/h8-9,14,16-17H,6-7,10-13H2,1-5H3. The van der Waals surface area contributed by atoms with Crippen LogP contribution in [0, 0.1) is 23.2 Å². The Morgan fingerprint density at radius 1 is 1.08 bits per heavy atom. The van der Waals surface area contributed by atoms with Gasteiger partial charge in [0, 0.05) is 18.4 Å². The number of amides is 2. The van der Waals surface area contributed by atoms with Gasteiger partial charge in [-0.05, 0) is 27.7 Å². The smallest absolute Gasteiger partial charge is 0.322 e. The summed E-state index contributed by atoms with van der Waals surface area (Å²) >= 11 is 3.19. The maximum absolute atomic E-state index is 13.0. The van der Waals surface area contributed by atoms with Gasteiger partial charge in [-0.2, -0.15) is 0 Å². The summed E-state index contributed by atoms with van der Waals surface area (Å²) in [6.07, 6.45) is 4.08. The van der Waals surface area contributed by atoms with Crippen LogP contribution in [0.2, 0.25) is 0 Å². The molecule has 2 amide bonds. The fraction of sp³-hybridized carbons (Fsp3) is 0.720. The summed E-state index contributed by atoms with van der Waals surface area (Å²) in [6.45, 7) is 8.63. The number of ether oxygens (including phenoxy) is 4. The summed E-state index contributed by atoms with van der Waals surface area (Å²) < 4.78 is 20.5. The third-order valence-corrected chi connectivity index (χ3v) is 8.18. The van der Waals surface area contributed by atoms with Gasteiger partial charge < -0.3 is 18.9 Å². The van der Waals surface area contributed by atoms with Crippen LogP contribution in [0.4, 0.5) is 0 Å². The van der Waals surface area contributed by atoms with Crippen LogP contribution in [0.3, 0.4) is 0 Å². The second-order valence-corrected chi connectivity index (χ2v) is 12.8. The lowest BCUT2D eigenvalue weighted by Crippen LogP contribution is -2.47. The van der Waals surface area contributed by atoms with Crippen LogP contribution in [0.5, 0.6) is 0 Å². The minimum Gasteiger partial charge on any atom is -0.465 e. The van der Waals surface area contributed by atoms with Crippen molar-refractivity contribution in [3.05, 3.63) is 12.2 Å². The number of likely N-dealkylation sites (tertiary alicyclic amines) is 1. The molecule has 1 saturated carbocycles. The van der Waals surface area contributed by atoms with Crippen molar-refractivity contribution in [3.63, 3.8) is 0 Å². The normalized spacial score (nSPS) is 34.3. The van der Waals surface area contributed by atoms with Gasteiger partial charge in [0.2, 0.25) is 11.8 Å². The van der Waals surface area contributed by atoms with Crippen molar-refractivity contribution in [3.8, 4) is 0 Å². The lowest BCUT2D eigenvalue weighted by atomic mass is 9.63. The average molecular weight is 570 g/mol. The molecule has 4 aliphatic rings. The molecule has 198 valence electrons. The van der Waals surface area contributed by atoms with Gasteiger partial charge in [-0.25, -0.2) is 0 Å². The number of carbonyl (C=O) groups is 5. The Kier molecular flexibility index (Phi) is 6.65. The molecule has 36 heavy (non-hydrogen) atoms. The molecular weight excluding hydrogens is 538 g/mol. The number of hydrogen-bond acceptors (Lipinski definition) is 9. The number of epoxide rings is 1. The van der Waals surface area contributed by atoms with Gasteiger partial charge in [-0.3, -0.25) is 28.9 Å². The quantitative estimate of drug-likeness (QED) is 0.0696. The minimum atomic E-state index is -0.837.